The molecule has 6 nitrogen and oxygen atoms in total. The van der Waals surface area contributed by atoms with Gasteiger partial charge in [0.15, 0.2) is 0 Å². The number of rotatable bonds is 8. The lowest BCUT2D eigenvalue weighted by atomic mass is 10.2. The van der Waals surface area contributed by atoms with Crippen molar-refractivity contribution in [2.24, 2.45) is 5.92 Å². The Bertz CT molecular complexity index is 292. The molecule has 0 aromatic heterocycles. The normalized spacial score (nSPS) is 16.4. The number of hydrogen-bond donors (Lipinski definition) is 3. The van der Waals surface area contributed by atoms with E-state index in [2.05, 4.69) is 22.5 Å². The molecule has 1 aliphatic carbocycles. The zero-order chi connectivity index (χ0) is 13.5. The van der Waals surface area contributed by atoms with E-state index in [1.807, 2.05) is 0 Å². The fraction of sp³-hybridized carbons (Fsp3) is 0.833. The van der Waals surface area contributed by atoms with Crippen molar-refractivity contribution in [3.05, 3.63) is 0 Å². The predicted molar refractivity (Wildman–Crippen MR) is 68.5 cm³/mol. The molecule has 0 aromatic rings. The van der Waals surface area contributed by atoms with Gasteiger partial charge in [0.2, 0.25) is 0 Å². The summed E-state index contributed by atoms with van der Waals surface area (Å²) >= 11 is 0. The van der Waals surface area contributed by atoms with E-state index < -0.39 is 11.9 Å². The van der Waals surface area contributed by atoms with Crippen molar-refractivity contribution >= 4 is 12.0 Å². The van der Waals surface area contributed by atoms with Crippen LogP contribution in [-0.2, 0) is 4.79 Å². The molecule has 1 saturated carbocycles. The van der Waals surface area contributed by atoms with Crippen molar-refractivity contribution in [1.29, 1.82) is 0 Å². The van der Waals surface area contributed by atoms with Gasteiger partial charge in [0.1, 0.15) is 0 Å². The average Bonchev–Trinajstić information content (AvgIpc) is 3.15. The molecule has 104 valence electrons. The van der Waals surface area contributed by atoms with Gasteiger partial charge in [-0.2, -0.15) is 0 Å². The monoisotopic (exact) mass is 257 g/mol. The molecule has 3 N–H and O–H groups in total. The van der Waals surface area contributed by atoms with Crippen LogP contribution < -0.4 is 10.6 Å². The molecule has 0 aliphatic heterocycles. The number of carboxylic acid groups (broad SMARTS) is 1. The highest BCUT2D eigenvalue weighted by molar-refractivity contribution is 5.75. The van der Waals surface area contributed by atoms with Crippen LogP contribution in [-0.4, -0.2) is 54.2 Å². The van der Waals surface area contributed by atoms with Gasteiger partial charge in [-0.05, 0) is 19.4 Å². The molecule has 1 atom stereocenters. The lowest BCUT2D eigenvalue weighted by molar-refractivity contribution is -0.140. The number of aliphatic carboxylic acids is 1. The Hall–Kier alpha value is -1.30. The summed E-state index contributed by atoms with van der Waals surface area (Å²) in [6.07, 6.45) is 2.52. The van der Waals surface area contributed by atoms with Crippen LogP contribution in [0, 0.1) is 5.92 Å². The highest BCUT2D eigenvalue weighted by Crippen LogP contribution is 2.25. The van der Waals surface area contributed by atoms with Crippen LogP contribution in [0.2, 0.25) is 0 Å². The van der Waals surface area contributed by atoms with Gasteiger partial charge in [0.25, 0.3) is 0 Å². The maximum atomic E-state index is 11.4. The Morgan fingerprint density at radius 3 is 2.56 bits per heavy atom. The lowest BCUT2D eigenvalue weighted by Gasteiger charge is -2.19. The van der Waals surface area contributed by atoms with Crippen molar-refractivity contribution in [2.75, 3.05) is 26.2 Å². The molecule has 6 heteroatoms. The van der Waals surface area contributed by atoms with Gasteiger partial charge in [-0.15, -0.1) is 0 Å². The minimum absolute atomic E-state index is 0.154. The summed E-state index contributed by atoms with van der Waals surface area (Å²) in [7, 11) is 0. The third-order valence-electron chi connectivity index (χ3n) is 3.14. The summed E-state index contributed by atoms with van der Waals surface area (Å²) in [6, 6.07) is 0.404. The topological polar surface area (TPSA) is 81.7 Å². The molecule has 2 amide bonds. The molecule has 0 spiro atoms. The Balaban J connectivity index is 2.07. The van der Waals surface area contributed by atoms with Crippen LogP contribution in [0.25, 0.3) is 0 Å². The second-order valence-electron chi connectivity index (χ2n) is 4.74. The maximum Gasteiger partial charge on any atom is 0.314 e. The van der Waals surface area contributed by atoms with Crippen molar-refractivity contribution in [3.63, 3.8) is 0 Å². The first-order chi connectivity index (χ1) is 8.54. The highest BCUT2D eigenvalue weighted by Gasteiger charge is 2.27. The first kappa shape index (κ1) is 14.8. The first-order valence-corrected chi connectivity index (χ1v) is 6.53. The second kappa shape index (κ2) is 7.20. The maximum absolute atomic E-state index is 11.4. The number of nitrogens with one attached hydrogen (secondary N) is 2. The van der Waals surface area contributed by atoms with Crippen molar-refractivity contribution in [1.82, 2.24) is 15.5 Å². The number of hydrogen-bond acceptors (Lipinski definition) is 3. The third-order valence-corrected chi connectivity index (χ3v) is 3.14. The summed E-state index contributed by atoms with van der Waals surface area (Å²) in [4.78, 5) is 24.3. The number of nitrogens with zero attached hydrogens (tertiary/aromatic N) is 1. The lowest BCUT2D eigenvalue weighted by Crippen LogP contribution is -2.42. The van der Waals surface area contributed by atoms with Crippen LogP contribution in [0.5, 0.6) is 0 Å². The molecule has 1 rings (SSSR count). The van der Waals surface area contributed by atoms with Crippen LogP contribution in [0.4, 0.5) is 4.79 Å². The predicted octanol–water partition coefficient (Wildman–Crippen LogP) is 0.491. The van der Waals surface area contributed by atoms with E-state index in [0.717, 1.165) is 13.1 Å². The molecule has 1 unspecified atom stereocenters. The smallest absolute Gasteiger partial charge is 0.314 e. The molecule has 0 saturated heterocycles. The van der Waals surface area contributed by atoms with Crippen LogP contribution in [0.15, 0.2) is 0 Å². The Labute approximate surface area is 108 Å². The van der Waals surface area contributed by atoms with Gasteiger partial charge < -0.3 is 15.7 Å². The summed E-state index contributed by atoms with van der Waals surface area (Å²) in [5, 5.41) is 14.0. The molecular formula is C12H23N3O3. The van der Waals surface area contributed by atoms with E-state index in [-0.39, 0.29) is 12.6 Å². The standard InChI is InChI=1S/C12H23N3O3/c1-3-15(10-4-5-10)7-6-13-12(18)14-8-9(2)11(16)17/h9-10H,3-8H2,1-2H3,(H,16,17)(H2,13,14,18). The number of urea groups is 1. The van der Waals surface area contributed by atoms with Crippen LogP contribution >= 0.6 is 0 Å². The number of carbonyl (C=O) groups is 2. The third kappa shape index (κ3) is 5.35. The van der Waals surface area contributed by atoms with Crippen LogP contribution in [0.3, 0.4) is 0 Å². The summed E-state index contributed by atoms with van der Waals surface area (Å²) in [5.41, 5.74) is 0. The van der Waals surface area contributed by atoms with E-state index in [1.165, 1.54) is 12.8 Å². The van der Waals surface area contributed by atoms with Gasteiger partial charge in [0.05, 0.1) is 5.92 Å². The minimum atomic E-state index is -0.902. The second-order valence-corrected chi connectivity index (χ2v) is 4.74. The van der Waals surface area contributed by atoms with Gasteiger partial charge in [-0.25, -0.2) is 4.79 Å². The number of carbonyl (C=O) groups excluding carboxylic acids is 1. The summed E-state index contributed by atoms with van der Waals surface area (Å²) in [6.45, 7) is 6.29. The quantitative estimate of drug-likeness (QED) is 0.591. The van der Waals surface area contributed by atoms with Gasteiger partial charge in [0, 0.05) is 25.7 Å². The molecule has 0 heterocycles. The van der Waals surface area contributed by atoms with E-state index in [1.54, 1.807) is 6.92 Å². The Morgan fingerprint density at radius 2 is 2.06 bits per heavy atom. The largest absolute Gasteiger partial charge is 0.481 e. The molecular weight excluding hydrogens is 234 g/mol. The average molecular weight is 257 g/mol. The Kier molecular flexibility index (Phi) is 5.91. The van der Waals surface area contributed by atoms with Crippen molar-refractivity contribution < 1.29 is 14.7 Å². The molecule has 0 bridgehead atoms. The number of amides is 2. The van der Waals surface area contributed by atoms with Crippen molar-refractivity contribution in [3.8, 4) is 0 Å². The summed E-state index contributed by atoms with van der Waals surface area (Å²) in [5.74, 6) is -1.46. The zero-order valence-electron chi connectivity index (χ0n) is 11.1. The molecule has 18 heavy (non-hydrogen) atoms. The van der Waals surface area contributed by atoms with E-state index in [0.29, 0.717) is 12.6 Å². The SMILES string of the molecule is CCN(CCNC(=O)NCC(C)C(=O)O)C1CC1. The zero-order valence-corrected chi connectivity index (χ0v) is 11.1. The van der Waals surface area contributed by atoms with Crippen molar-refractivity contribution in [2.45, 2.75) is 32.7 Å². The molecule has 1 fully saturated rings. The number of likely N-dealkylation sites (N-methyl/N-ethyl adjacent to an activating group) is 1. The first-order valence-electron chi connectivity index (χ1n) is 6.53. The fourth-order valence-electron chi connectivity index (χ4n) is 1.75. The summed E-state index contributed by atoms with van der Waals surface area (Å²) < 4.78 is 0. The minimum Gasteiger partial charge on any atom is -0.481 e. The van der Waals surface area contributed by atoms with Crippen LogP contribution in [0.1, 0.15) is 26.7 Å². The Morgan fingerprint density at radius 1 is 1.39 bits per heavy atom. The van der Waals surface area contributed by atoms with Gasteiger partial charge >= 0.3 is 12.0 Å². The molecule has 0 aromatic carbocycles. The van der Waals surface area contributed by atoms with Gasteiger partial charge in [-0.3, -0.25) is 9.69 Å². The molecule has 0 radical (unpaired) electrons. The fourth-order valence-corrected chi connectivity index (χ4v) is 1.75. The van der Waals surface area contributed by atoms with E-state index in [9.17, 15) is 9.59 Å². The molecule has 1 aliphatic rings. The van der Waals surface area contributed by atoms with E-state index in [4.69, 9.17) is 5.11 Å². The van der Waals surface area contributed by atoms with Gasteiger partial charge in [-0.1, -0.05) is 13.8 Å². The van der Waals surface area contributed by atoms with E-state index >= 15 is 0 Å². The number of carboxylic acids is 1. The highest BCUT2D eigenvalue weighted by atomic mass is 16.4.